The number of aliphatic hydroxyl groups is 1. The third kappa shape index (κ3) is 1.94. The largest absolute Gasteiger partial charge is 0.455 e. The number of hydrogen-bond donors (Lipinski definition) is 2. The van der Waals surface area contributed by atoms with E-state index in [1.165, 1.54) is 11.3 Å². The van der Waals surface area contributed by atoms with Crippen LogP contribution in [0.2, 0.25) is 0 Å². The van der Waals surface area contributed by atoms with Gasteiger partial charge in [0.2, 0.25) is 5.82 Å². The van der Waals surface area contributed by atoms with Crippen molar-refractivity contribution in [3.05, 3.63) is 41.1 Å². The molecule has 0 radical (unpaired) electrons. The van der Waals surface area contributed by atoms with Crippen LogP contribution in [0.3, 0.4) is 0 Å². The van der Waals surface area contributed by atoms with Gasteiger partial charge in [-0.3, -0.25) is 0 Å². The summed E-state index contributed by atoms with van der Waals surface area (Å²) in [5, 5.41) is 21.2. The van der Waals surface area contributed by atoms with E-state index in [2.05, 4.69) is 4.98 Å². The second kappa shape index (κ2) is 4.56. The van der Waals surface area contributed by atoms with Crippen molar-refractivity contribution in [3.8, 4) is 22.2 Å². The van der Waals surface area contributed by atoms with E-state index in [1.54, 1.807) is 12.1 Å². The van der Waals surface area contributed by atoms with Gasteiger partial charge in [-0.25, -0.2) is 4.98 Å². The minimum absolute atomic E-state index is 0.178. The minimum Gasteiger partial charge on any atom is -0.455 e. The van der Waals surface area contributed by atoms with E-state index in [9.17, 15) is 5.21 Å². The van der Waals surface area contributed by atoms with Crippen molar-refractivity contribution < 1.29 is 14.7 Å². The van der Waals surface area contributed by atoms with Gasteiger partial charge in [0.1, 0.15) is 18.1 Å². The van der Waals surface area contributed by atoms with Crippen LogP contribution in [0.15, 0.2) is 34.1 Å². The van der Waals surface area contributed by atoms with Crippen LogP contribution in [0.1, 0.15) is 11.5 Å². The molecule has 6 heteroatoms. The van der Waals surface area contributed by atoms with Crippen LogP contribution in [0, 0.1) is 6.92 Å². The molecule has 0 aliphatic rings. The summed E-state index contributed by atoms with van der Waals surface area (Å²) in [6.45, 7) is 1.66. The van der Waals surface area contributed by atoms with Gasteiger partial charge >= 0.3 is 0 Å². The van der Waals surface area contributed by atoms with Crippen molar-refractivity contribution in [2.75, 3.05) is 0 Å². The quantitative estimate of drug-likeness (QED) is 0.721. The number of nitrogens with zero attached hydrogens (tertiary/aromatic N) is 2. The molecule has 3 heterocycles. The Kier molecular flexibility index (Phi) is 2.88. The minimum atomic E-state index is -0.178. The number of thiophene rings is 1. The van der Waals surface area contributed by atoms with E-state index in [0.29, 0.717) is 23.0 Å². The maximum atomic E-state index is 10.3. The van der Waals surface area contributed by atoms with E-state index < -0.39 is 0 Å². The summed E-state index contributed by atoms with van der Waals surface area (Å²) in [4.78, 5) is 5.27. The molecule has 0 saturated heterocycles. The molecule has 0 spiro atoms. The highest BCUT2D eigenvalue weighted by Crippen LogP contribution is 2.31. The van der Waals surface area contributed by atoms with Crippen molar-refractivity contribution in [1.82, 2.24) is 9.71 Å². The summed E-state index contributed by atoms with van der Waals surface area (Å²) >= 11 is 1.53. The van der Waals surface area contributed by atoms with Crippen LogP contribution >= 0.6 is 11.3 Å². The fraction of sp³-hybridized carbons (Fsp3) is 0.154. The smallest absolute Gasteiger partial charge is 0.212 e. The number of hydrogen-bond acceptors (Lipinski definition) is 5. The standard InChI is InChI=1S/C13H12N2O3S/c1-8-12(11-3-2-6-19-11)15(17)13(14-8)10-5-4-9(7-16)18-10/h2-6,16-17H,7H2,1H3. The normalized spacial score (nSPS) is 11.1. The second-order valence-corrected chi connectivity index (χ2v) is 5.03. The van der Waals surface area contributed by atoms with Gasteiger partial charge in [-0.1, -0.05) is 6.07 Å². The Morgan fingerprint density at radius 1 is 1.37 bits per heavy atom. The third-order valence-electron chi connectivity index (χ3n) is 2.82. The molecule has 0 aliphatic carbocycles. The van der Waals surface area contributed by atoms with E-state index >= 15 is 0 Å². The van der Waals surface area contributed by atoms with Crippen LogP contribution in [0.5, 0.6) is 0 Å². The van der Waals surface area contributed by atoms with Crippen LogP contribution in [0.25, 0.3) is 22.2 Å². The molecule has 3 aromatic rings. The average Bonchev–Trinajstić information content (AvgIpc) is 3.09. The topological polar surface area (TPSA) is 71.4 Å². The maximum Gasteiger partial charge on any atom is 0.212 e. The van der Waals surface area contributed by atoms with E-state index in [1.807, 2.05) is 24.4 Å². The van der Waals surface area contributed by atoms with Crippen molar-refractivity contribution >= 4 is 11.3 Å². The summed E-state index contributed by atoms with van der Waals surface area (Å²) in [5.74, 6) is 1.20. The molecule has 0 aliphatic heterocycles. The molecule has 3 aromatic heterocycles. The second-order valence-electron chi connectivity index (χ2n) is 4.08. The number of aromatic nitrogens is 2. The Bertz CT molecular complexity index is 698. The predicted molar refractivity (Wildman–Crippen MR) is 71.1 cm³/mol. The van der Waals surface area contributed by atoms with E-state index in [-0.39, 0.29) is 6.61 Å². The first kappa shape index (κ1) is 12.0. The van der Waals surface area contributed by atoms with Gasteiger partial charge < -0.3 is 14.7 Å². The zero-order valence-corrected chi connectivity index (χ0v) is 11.0. The molecule has 0 bridgehead atoms. The summed E-state index contributed by atoms with van der Waals surface area (Å²) in [6.07, 6.45) is 0. The molecule has 0 atom stereocenters. The number of rotatable bonds is 3. The summed E-state index contributed by atoms with van der Waals surface area (Å²) in [6, 6.07) is 7.18. The molecule has 5 nitrogen and oxygen atoms in total. The highest BCUT2D eigenvalue weighted by molar-refractivity contribution is 7.13. The van der Waals surface area contributed by atoms with Crippen molar-refractivity contribution in [3.63, 3.8) is 0 Å². The number of furan rings is 1. The summed E-state index contributed by atoms with van der Waals surface area (Å²) in [5.41, 5.74) is 1.38. The highest BCUT2D eigenvalue weighted by Gasteiger charge is 2.19. The third-order valence-corrected chi connectivity index (χ3v) is 3.70. The predicted octanol–water partition coefficient (Wildman–Crippen LogP) is 2.91. The van der Waals surface area contributed by atoms with Crippen LogP contribution < -0.4 is 0 Å². The molecule has 98 valence electrons. The number of imidazole rings is 1. The van der Waals surface area contributed by atoms with Gasteiger partial charge in [0, 0.05) is 0 Å². The number of aliphatic hydroxyl groups excluding tert-OH is 1. The monoisotopic (exact) mass is 276 g/mol. The van der Waals surface area contributed by atoms with Gasteiger partial charge in [0.05, 0.1) is 10.6 Å². The van der Waals surface area contributed by atoms with Gasteiger partial charge in [-0.05, 0) is 30.5 Å². The molecular weight excluding hydrogens is 264 g/mol. The Morgan fingerprint density at radius 2 is 2.21 bits per heavy atom. The Balaban J connectivity index is 2.11. The summed E-state index contributed by atoms with van der Waals surface area (Å²) in [7, 11) is 0. The molecule has 0 fully saturated rings. The molecule has 19 heavy (non-hydrogen) atoms. The first-order chi connectivity index (χ1) is 9.20. The molecule has 0 amide bonds. The van der Waals surface area contributed by atoms with E-state index in [0.717, 1.165) is 15.3 Å². The average molecular weight is 276 g/mol. The fourth-order valence-corrected chi connectivity index (χ4v) is 2.76. The van der Waals surface area contributed by atoms with Gasteiger partial charge in [-0.2, -0.15) is 4.73 Å². The SMILES string of the molecule is Cc1nc(-c2ccc(CO)o2)n(O)c1-c1cccs1. The Morgan fingerprint density at radius 3 is 2.84 bits per heavy atom. The van der Waals surface area contributed by atoms with Crippen molar-refractivity contribution in [2.45, 2.75) is 13.5 Å². The fourth-order valence-electron chi connectivity index (χ4n) is 1.96. The Hall–Kier alpha value is -2.05. The lowest BCUT2D eigenvalue weighted by Gasteiger charge is -2.01. The van der Waals surface area contributed by atoms with Crippen molar-refractivity contribution in [1.29, 1.82) is 0 Å². The lowest BCUT2D eigenvalue weighted by Crippen LogP contribution is -1.95. The van der Waals surface area contributed by atoms with Crippen LogP contribution in [-0.2, 0) is 6.61 Å². The molecular formula is C13H12N2O3S. The first-order valence-corrected chi connectivity index (χ1v) is 6.61. The van der Waals surface area contributed by atoms with Crippen molar-refractivity contribution in [2.24, 2.45) is 0 Å². The molecule has 3 rings (SSSR count). The first-order valence-electron chi connectivity index (χ1n) is 5.73. The summed E-state index contributed by atoms with van der Waals surface area (Å²) < 4.78 is 6.42. The van der Waals surface area contributed by atoms with Gasteiger partial charge in [0.15, 0.2) is 5.76 Å². The highest BCUT2D eigenvalue weighted by atomic mass is 32.1. The molecule has 0 aromatic carbocycles. The zero-order chi connectivity index (χ0) is 13.4. The van der Waals surface area contributed by atoms with E-state index in [4.69, 9.17) is 9.52 Å². The lowest BCUT2D eigenvalue weighted by molar-refractivity contribution is 0.192. The Labute approximate surface area is 113 Å². The van der Waals surface area contributed by atoms with Crippen LogP contribution in [-0.4, -0.2) is 20.0 Å². The van der Waals surface area contributed by atoms with Crippen LogP contribution in [0.4, 0.5) is 0 Å². The zero-order valence-electron chi connectivity index (χ0n) is 10.2. The van der Waals surface area contributed by atoms with Gasteiger partial charge in [-0.15, -0.1) is 11.3 Å². The molecule has 0 saturated carbocycles. The lowest BCUT2D eigenvalue weighted by atomic mass is 10.3. The maximum absolute atomic E-state index is 10.3. The molecule has 0 unspecified atom stereocenters. The van der Waals surface area contributed by atoms with Gasteiger partial charge in [0.25, 0.3) is 0 Å². The number of aryl methyl sites for hydroxylation is 1. The molecule has 2 N–H and O–H groups in total.